The zero-order chi connectivity index (χ0) is 10.6. The van der Waals surface area contributed by atoms with Gasteiger partial charge < -0.3 is 10.6 Å². The van der Waals surface area contributed by atoms with E-state index in [9.17, 15) is 0 Å². The van der Waals surface area contributed by atoms with Crippen LogP contribution in [0.4, 0.5) is 11.4 Å². The highest BCUT2D eigenvalue weighted by atomic mass is 127. The summed E-state index contributed by atoms with van der Waals surface area (Å²) < 4.78 is 1.11. The van der Waals surface area contributed by atoms with Crippen molar-refractivity contribution in [2.45, 2.75) is 6.42 Å². The summed E-state index contributed by atoms with van der Waals surface area (Å²) in [7, 11) is 1.98. The second-order valence-electron chi connectivity index (χ2n) is 3.04. The highest BCUT2D eigenvalue weighted by Gasteiger charge is 2.04. The highest BCUT2D eigenvalue weighted by molar-refractivity contribution is 14.1. The van der Waals surface area contributed by atoms with Crippen LogP contribution in [-0.2, 0) is 0 Å². The van der Waals surface area contributed by atoms with E-state index in [1.54, 1.807) is 0 Å². The SMILES string of the molecule is CN(CCC#N)c1ccc(N)cc1I. The summed E-state index contributed by atoms with van der Waals surface area (Å²) in [4.78, 5) is 2.06. The Labute approximate surface area is 97.6 Å². The van der Waals surface area contributed by atoms with Crippen LogP contribution < -0.4 is 10.6 Å². The first-order valence-electron chi connectivity index (χ1n) is 4.28. The molecule has 0 aliphatic heterocycles. The first kappa shape index (κ1) is 11.1. The Kier molecular flexibility index (Phi) is 4.01. The molecule has 0 fully saturated rings. The molecule has 0 spiro atoms. The first-order chi connectivity index (χ1) is 6.65. The van der Waals surface area contributed by atoms with Crippen LogP contribution in [0.5, 0.6) is 0 Å². The van der Waals surface area contributed by atoms with Gasteiger partial charge in [-0.3, -0.25) is 0 Å². The Hall–Kier alpha value is -0.960. The minimum Gasteiger partial charge on any atom is -0.399 e. The van der Waals surface area contributed by atoms with Gasteiger partial charge in [-0.1, -0.05) is 0 Å². The number of rotatable bonds is 3. The van der Waals surface area contributed by atoms with Crippen molar-refractivity contribution in [3.8, 4) is 6.07 Å². The minimum atomic E-state index is 0.539. The van der Waals surface area contributed by atoms with Gasteiger partial charge in [0.05, 0.1) is 18.2 Å². The van der Waals surface area contributed by atoms with Crippen molar-refractivity contribution in [1.29, 1.82) is 5.26 Å². The molecule has 14 heavy (non-hydrogen) atoms. The lowest BCUT2D eigenvalue weighted by Gasteiger charge is -2.19. The average molecular weight is 301 g/mol. The number of anilines is 2. The van der Waals surface area contributed by atoms with E-state index >= 15 is 0 Å². The van der Waals surface area contributed by atoms with Crippen LogP contribution >= 0.6 is 22.6 Å². The maximum Gasteiger partial charge on any atom is 0.0640 e. The number of hydrogen-bond acceptors (Lipinski definition) is 3. The Bertz CT molecular complexity index is 357. The van der Waals surface area contributed by atoms with Gasteiger partial charge in [-0.05, 0) is 40.8 Å². The molecule has 4 heteroatoms. The molecule has 0 aromatic heterocycles. The van der Waals surface area contributed by atoms with Crippen LogP contribution in [0.1, 0.15) is 6.42 Å². The number of nitriles is 1. The van der Waals surface area contributed by atoms with Crippen LogP contribution in [0.2, 0.25) is 0 Å². The van der Waals surface area contributed by atoms with E-state index in [4.69, 9.17) is 11.0 Å². The molecule has 0 aliphatic carbocycles. The van der Waals surface area contributed by atoms with E-state index in [0.29, 0.717) is 6.42 Å². The topological polar surface area (TPSA) is 53.0 Å². The van der Waals surface area contributed by atoms with Gasteiger partial charge >= 0.3 is 0 Å². The molecule has 0 radical (unpaired) electrons. The molecule has 0 atom stereocenters. The Balaban J connectivity index is 2.80. The van der Waals surface area contributed by atoms with Gasteiger partial charge in [-0.2, -0.15) is 5.26 Å². The van der Waals surface area contributed by atoms with Crippen molar-refractivity contribution in [3.05, 3.63) is 21.8 Å². The number of nitrogen functional groups attached to an aromatic ring is 1. The van der Waals surface area contributed by atoms with Crippen molar-refractivity contribution in [3.63, 3.8) is 0 Å². The lowest BCUT2D eigenvalue weighted by atomic mass is 10.2. The third-order valence-corrected chi connectivity index (χ3v) is 2.81. The summed E-state index contributed by atoms with van der Waals surface area (Å²) in [5.74, 6) is 0. The van der Waals surface area contributed by atoms with E-state index in [1.165, 1.54) is 0 Å². The molecule has 2 N–H and O–H groups in total. The molecule has 1 aromatic carbocycles. The predicted molar refractivity (Wildman–Crippen MR) is 67.1 cm³/mol. The normalized spacial score (nSPS) is 9.50. The number of nitrogens with zero attached hydrogens (tertiary/aromatic N) is 2. The van der Waals surface area contributed by atoms with Crippen molar-refractivity contribution < 1.29 is 0 Å². The molecule has 74 valence electrons. The highest BCUT2D eigenvalue weighted by Crippen LogP contribution is 2.23. The summed E-state index contributed by atoms with van der Waals surface area (Å²) in [6.07, 6.45) is 0.539. The molecular weight excluding hydrogens is 289 g/mol. The second kappa shape index (κ2) is 5.05. The van der Waals surface area contributed by atoms with Gasteiger partial charge in [-0.15, -0.1) is 0 Å². The number of hydrogen-bond donors (Lipinski definition) is 1. The first-order valence-corrected chi connectivity index (χ1v) is 5.36. The average Bonchev–Trinajstić information content (AvgIpc) is 2.14. The molecule has 0 aliphatic rings. The van der Waals surface area contributed by atoms with Crippen LogP contribution in [-0.4, -0.2) is 13.6 Å². The maximum absolute atomic E-state index is 8.48. The summed E-state index contributed by atoms with van der Waals surface area (Å²) in [5.41, 5.74) is 7.54. The van der Waals surface area contributed by atoms with Crippen LogP contribution in [0.15, 0.2) is 18.2 Å². The minimum absolute atomic E-state index is 0.539. The Morgan fingerprint density at radius 1 is 1.57 bits per heavy atom. The summed E-state index contributed by atoms with van der Waals surface area (Å²) in [5, 5.41) is 8.48. The molecule has 1 rings (SSSR count). The summed E-state index contributed by atoms with van der Waals surface area (Å²) >= 11 is 2.25. The molecular formula is C10H12IN3. The van der Waals surface area contributed by atoms with Crippen molar-refractivity contribution >= 4 is 34.0 Å². The van der Waals surface area contributed by atoms with E-state index in [-0.39, 0.29) is 0 Å². The summed E-state index contributed by atoms with van der Waals surface area (Å²) in [6, 6.07) is 7.92. The molecule has 1 aromatic rings. The standard InChI is InChI=1S/C10H12IN3/c1-14(6-2-5-12)10-4-3-8(13)7-9(10)11/h3-4,7H,2,6,13H2,1H3. The Morgan fingerprint density at radius 2 is 2.29 bits per heavy atom. The van der Waals surface area contributed by atoms with E-state index < -0.39 is 0 Å². The van der Waals surface area contributed by atoms with Gasteiger partial charge in [0.1, 0.15) is 0 Å². The molecule has 0 heterocycles. The molecule has 3 nitrogen and oxygen atoms in total. The third-order valence-electron chi connectivity index (χ3n) is 1.94. The lowest BCUT2D eigenvalue weighted by Crippen LogP contribution is -2.19. The number of benzene rings is 1. The zero-order valence-corrected chi connectivity index (χ0v) is 10.2. The molecule has 0 bridgehead atoms. The largest absolute Gasteiger partial charge is 0.399 e. The maximum atomic E-state index is 8.48. The van der Waals surface area contributed by atoms with Crippen LogP contribution in [0, 0.1) is 14.9 Å². The quantitative estimate of drug-likeness (QED) is 0.688. The molecule has 0 amide bonds. The van der Waals surface area contributed by atoms with Crippen molar-refractivity contribution in [1.82, 2.24) is 0 Å². The van der Waals surface area contributed by atoms with Crippen molar-refractivity contribution in [2.24, 2.45) is 0 Å². The van der Waals surface area contributed by atoms with Gasteiger partial charge in [0.25, 0.3) is 0 Å². The molecule has 0 saturated carbocycles. The fourth-order valence-corrected chi connectivity index (χ4v) is 2.12. The van der Waals surface area contributed by atoms with Gasteiger partial charge in [0, 0.05) is 22.8 Å². The molecule has 0 unspecified atom stereocenters. The monoisotopic (exact) mass is 301 g/mol. The van der Waals surface area contributed by atoms with Gasteiger partial charge in [0.2, 0.25) is 0 Å². The summed E-state index contributed by atoms with van der Waals surface area (Å²) in [6.45, 7) is 0.746. The zero-order valence-electron chi connectivity index (χ0n) is 8.00. The predicted octanol–water partition coefficient (Wildman–Crippen LogP) is 2.22. The van der Waals surface area contributed by atoms with E-state index in [1.807, 2.05) is 25.2 Å². The van der Waals surface area contributed by atoms with Crippen LogP contribution in [0.3, 0.4) is 0 Å². The van der Waals surface area contributed by atoms with E-state index in [2.05, 4.69) is 33.6 Å². The van der Waals surface area contributed by atoms with Crippen molar-refractivity contribution in [2.75, 3.05) is 24.2 Å². The van der Waals surface area contributed by atoms with Gasteiger partial charge in [-0.25, -0.2) is 0 Å². The molecule has 0 saturated heterocycles. The smallest absolute Gasteiger partial charge is 0.0640 e. The number of halogens is 1. The third kappa shape index (κ3) is 2.77. The van der Waals surface area contributed by atoms with E-state index in [0.717, 1.165) is 21.5 Å². The lowest BCUT2D eigenvalue weighted by molar-refractivity contribution is 0.903. The fourth-order valence-electron chi connectivity index (χ4n) is 1.17. The van der Waals surface area contributed by atoms with Gasteiger partial charge in [0.15, 0.2) is 0 Å². The Morgan fingerprint density at radius 3 is 2.86 bits per heavy atom. The van der Waals surface area contributed by atoms with Crippen LogP contribution in [0.25, 0.3) is 0 Å². The number of nitrogens with two attached hydrogens (primary N) is 1. The fraction of sp³-hybridized carbons (Fsp3) is 0.300. The second-order valence-corrected chi connectivity index (χ2v) is 4.20.